The second kappa shape index (κ2) is 6.25. The minimum atomic E-state index is 0.0696. The highest BCUT2D eigenvalue weighted by atomic mass is 16.5. The highest BCUT2D eigenvalue weighted by Crippen LogP contribution is 2.09. The third-order valence-corrected chi connectivity index (χ3v) is 2.77. The zero-order valence-corrected chi connectivity index (χ0v) is 10.6. The fraction of sp³-hybridized carbons (Fsp3) is 0.462. The van der Waals surface area contributed by atoms with E-state index in [0.717, 1.165) is 5.56 Å². The Labute approximate surface area is 102 Å². The Morgan fingerprint density at radius 1 is 1.53 bits per heavy atom. The highest BCUT2D eigenvalue weighted by Gasteiger charge is 2.15. The molecule has 94 valence electrons. The molecule has 0 aromatic heterocycles. The Bertz CT molecular complexity index is 379. The SMILES string of the molecule is COC[C@@H](C)N(C)C(=O)Cc1cccc(N)c1. The molecule has 0 aliphatic heterocycles. The summed E-state index contributed by atoms with van der Waals surface area (Å²) in [5.74, 6) is 0.0696. The third-order valence-electron chi connectivity index (χ3n) is 2.77. The van der Waals surface area contributed by atoms with Gasteiger partial charge in [0.05, 0.1) is 19.1 Å². The molecule has 1 aromatic rings. The normalized spacial score (nSPS) is 12.2. The van der Waals surface area contributed by atoms with E-state index >= 15 is 0 Å². The quantitative estimate of drug-likeness (QED) is 0.784. The number of nitrogen functional groups attached to an aromatic ring is 1. The summed E-state index contributed by atoms with van der Waals surface area (Å²) in [5.41, 5.74) is 7.29. The Kier molecular flexibility index (Phi) is 4.97. The zero-order valence-electron chi connectivity index (χ0n) is 10.6. The number of likely N-dealkylation sites (N-methyl/N-ethyl adjacent to an activating group) is 1. The number of hydrogen-bond donors (Lipinski definition) is 1. The van der Waals surface area contributed by atoms with E-state index in [4.69, 9.17) is 10.5 Å². The fourth-order valence-corrected chi connectivity index (χ4v) is 1.60. The molecule has 0 bridgehead atoms. The largest absolute Gasteiger partial charge is 0.399 e. The van der Waals surface area contributed by atoms with Gasteiger partial charge in [0.15, 0.2) is 0 Å². The number of hydrogen-bond acceptors (Lipinski definition) is 3. The maximum atomic E-state index is 12.0. The summed E-state index contributed by atoms with van der Waals surface area (Å²) < 4.78 is 5.03. The summed E-state index contributed by atoms with van der Waals surface area (Å²) in [6, 6.07) is 7.48. The lowest BCUT2D eigenvalue weighted by Gasteiger charge is -2.24. The number of nitrogens with two attached hydrogens (primary N) is 1. The molecule has 4 heteroatoms. The Morgan fingerprint density at radius 3 is 2.82 bits per heavy atom. The Balaban J connectivity index is 2.60. The number of ether oxygens (including phenoxy) is 1. The monoisotopic (exact) mass is 236 g/mol. The second-order valence-corrected chi connectivity index (χ2v) is 4.23. The summed E-state index contributed by atoms with van der Waals surface area (Å²) in [5, 5.41) is 0. The average Bonchev–Trinajstić information content (AvgIpc) is 2.28. The molecule has 0 saturated heterocycles. The standard InChI is InChI=1S/C13H20N2O2/c1-10(9-17-3)15(2)13(16)8-11-5-4-6-12(14)7-11/h4-7,10H,8-9,14H2,1-3H3/t10-/m1/s1. The molecule has 1 amide bonds. The number of rotatable bonds is 5. The number of benzene rings is 1. The van der Waals surface area contributed by atoms with Crippen LogP contribution in [0.15, 0.2) is 24.3 Å². The van der Waals surface area contributed by atoms with E-state index in [1.54, 1.807) is 19.1 Å². The number of nitrogens with zero attached hydrogens (tertiary/aromatic N) is 1. The predicted octanol–water partition coefficient (Wildman–Crippen LogP) is 1.30. The van der Waals surface area contributed by atoms with Crippen molar-refractivity contribution >= 4 is 11.6 Å². The van der Waals surface area contributed by atoms with Crippen molar-refractivity contribution in [1.29, 1.82) is 0 Å². The molecule has 1 aromatic carbocycles. The predicted molar refractivity (Wildman–Crippen MR) is 68.7 cm³/mol. The lowest BCUT2D eigenvalue weighted by Crippen LogP contribution is -2.38. The van der Waals surface area contributed by atoms with Gasteiger partial charge >= 0.3 is 0 Å². The number of anilines is 1. The molecule has 17 heavy (non-hydrogen) atoms. The van der Waals surface area contributed by atoms with Gasteiger partial charge in [-0.25, -0.2) is 0 Å². The molecule has 0 fully saturated rings. The molecule has 0 spiro atoms. The first kappa shape index (κ1) is 13.5. The summed E-state index contributed by atoms with van der Waals surface area (Å²) in [6.07, 6.45) is 0.371. The lowest BCUT2D eigenvalue weighted by atomic mass is 10.1. The minimum Gasteiger partial charge on any atom is -0.399 e. The average molecular weight is 236 g/mol. The molecule has 0 aliphatic carbocycles. The number of methoxy groups -OCH3 is 1. The number of amides is 1. The second-order valence-electron chi connectivity index (χ2n) is 4.23. The smallest absolute Gasteiger partial charge is 0.227 e. The van der Waals surface area contributed by atoms with Gasteiger partial charge in [-0.15, -0.1) is 0 Å². The van der Waals surface area contributed by atoms with Crippen LogP contribution in [0.1, 0.15) is 12.5 Å². The van der Waals surface area contributed by atoms with Crippen LogP contribution in [0.5, 0.6) is 0 Å². The van der Waals surface area contributed by atoms with Crippen molar-refractivity contribution in [3.05, 3.63) is 29.8 Å². The van der Waals surface area contributed by atoms with Gasteiger partial charge in [-0.05, 0) is 24.6 Å². The maximum absolute atomic E-state index is 12.0. The van der Waals surface area contributed by atoms with E-state index in [-0.39, 0.29) is 11.9 Å². The van der Waals surface area contributed by atoms with Crippen molar-refractivity contribution in [2.45, 2.75) is 19.4 Å². The van der Waals surface area contributed by atoms with Crippen molar-refractivity contribution in [2.75, 3.05) is 26.5 Å². The molecule has 1 atom stereocenters. The molecule has 0 aliphatic rings. The first-order valence-corrected chi connectivity index (χ1v) is 5.63. The molecule has 0 unspecified atom stereocenters. The summed E-state index contributed by atoms with van der Waals surface area (Å²) >= 11 is 0. The van der Waals surface area contributed by atoms with Crippen molar-refractivity contribution < 1.29 is 9.53 Å². The van der Waals surface area contributed by atoms with Crippen molar-refractivity contribution in [2.24, 2.45) is 0 Å². The third kappa shape index (κ3) is 4.07. The van der Waals surface area contributed by atoms with E-state index in [2.05, 4.69) is 0 Å². The number of carbonyl (C=O) groups excluding carboxylic acids is 1. The highest BCUT2D eigenvalue weighted by molar-refractivity contribution is 5.79. The van der Waals surface area contributed by atoms with Crippen LogP contribution >= 0.6 is 0 Å². The van der Waals surface area contributed by atoms with E-state index in [0.29, 0.717) is 18.7 Å². The van der Waals surface area contributed by atoms with E-state index in [9.17, 15) is 4.79 Å². The lowest BCUT2D eigenvalue weighted by molar-refractivity contribution is -0.131. The van der Waals surface area contributed by atoms with Gasteiger partial charge in [-0.1, -0.05) is 12.1 Å². The first-order chi connectivity index (χ1) is 8.04. The molecule has 2 N–H and O–H groups in total. The summed E-state index contributed by atoms with van der Waals surface area (Å²) in [7, 11) is 3.42. The first-order valence-electron chi connectivity index (χ1n) is 5.63. The van der Waals surface area contributed by atoms with Gasteiger partial charge in [-0.3, -0.25) is 4.79 Å². The van der Waals surface area contributed by atoms with Crippen LogP contribution in [0, 0.1) is 0 Å². The van der Waals surface area contributed by atoms with Gasteiger partial charge in [0.25, 0.3) is 0 Å². The van der Waals surface area contributed by atoms with Crippen LogP contribution in [0.4, 0.5) is 5.69 Å². The van der Waals surface area contributed by atoms with Crippen LogP contribution in [0.2, 0.25) is 0 Å². The van der Waals surface area contributed by atoms with Crippen molar-refractivity contribution in [3.63, 3.8) is 0 Å². The molecule has 1 rings (SSSR count). The van der Waals surface area contributed by atoms with E-state index in [1.165, 1.54) is 0 Å². The molecule has 0 radical (unpaired) electrons. The van der Waals surface area contributed by atoms with E-state index < -0.39 is 0 Å². The zero-order chi connectivity index (χ0) is 12.8. The summed E-state index contributed by atoms with van der Waals surface area (Å²) in [4.78, 5) is 13.7. The number of carbonyl (C=O) groups is 1. The fourth-order valence-electron chi connectivity index (χ4n) is 1.60. The van der Waals surface area contributed by atoms with E-state index in [1.807, 2.05) is 31.2 Å². The van der Waals surface area contributed by atoms with Gasteiger partial charge in [-0.2, -0.15) is 0 Å². The molecule has 0 saturated carbocycles. The van der Waals surface area contributed by atoms with Crippen LogP contribution in [0.25, 0.3) is 0 Å². The topological polar surface area (TPSA) is 55.6 Å². The van der Waals surface area contributed by atoms with Crippen molar-refractivity contribution in [3.8, 4) is 0 Å². The Morgan fingerprint density at radius 2 is 2.24 bits per heavy atom. The van der Waals surface area contributed by atoms with Crippen LogP contribution in [0.3, 0.4) is 0 Å². The van der Waals surface area contributed by atoms with Gasteiger partial charge in [0.2, 0.25) is 5.91 Å². The maximum Gasteiger partial charge on any atom is 0.227 e. The molecule has 0 heterocycles. The molecular weight excluding hydrogens is 216 g/mol. The van der Waals surface area contributed by atoms with Crippen LogP contribution in [-0.2, 0) is 16.0 Å². The van der Waals surface area contributed by atoms with Crippen LogP contribution < -0.4 is 5.73 Å². The van der Waals surface area contributed by atoms with Crippen molar-refractivity contribution in [1.82, 2.24) is 4.90 Å². The minimum absolute atomic E-state index is 0.0696. The Hall–Kier alpha value is -1.55. The van der Waals surface area contributed by atoms with Gasteiger partial charge in [0.1, 0.15) is 0 Å². The van der Waals surface area contributed by atoms with Gasteiger partial charge in [0, 0.05) is 19.8 Å². The van der Waals surface area contributed by atoms with Gasteiger partial charge < -0.3 is 15.4 Å². The molecule has 4 nitrogen and oxygen atoms in total. The molecular formula is C13H20N2O2. The van der Waals surface area contributed by atoms with Crippen LogP contribution in [-0.4, -0.2) is 37.6 Å². The summed E-state index contributed by atoms with van der Waals surface area (Å²) in [6.45, 7) is 2.50.